The van der Waals surface area contributed by atoms with Crippen LogP contribution in [-0.4, -0.2) is 10.2 Å². The molecule has 0 radical (unpaired) electrons. The van der Waals surface area contributed by atoms with Crippen LogP contribution in [0.3, 0.4) is 0 Å². The monoisotopic (exact) mass is 305 g/mol. The van der Waals surface area contributed by atoms with E-state index in [1.54, 1.807) is 12.1 Å². The minimum atomic E-state index is -0.0467. The van der Waals surface area contributed by atoms with Gasteiger partial charge in [0.2, 0.25) is 0 Å². The van der Waals surface area contributed by atoms with Crippen molar-refractivity contribution in [3.63, 3.8) is 0 Å². The van der Waals surface area contributed by atoms with Crippen molar-refractivity contribution in [2.24, 2.45) is 0 Å². The number of hydrogen-bond acceptors (Lipinski definition) is 3. The lowest BCUT2D eigenvalue weighted by molar-refractivity contribution is 0.417. The van der Waals surface area contributed by atoms with E-state index in [2.05, 4.69) is 12.2 Å². The van der Waals surface area contributed by atoms with E-state index in [0.29, 0.717) is 5.02 Å². The molecular weight excluding hydrogens is 286 g/mol. The van der Waals surface area contributed by atoms with Crippen LogP contribution < -0.4 is 5.32 Å². The van der Waals surface area contributed by atoms with Gasteiger partial charge in [0.25, 0.3) is 0 Å². The smallest absolute Gasteiger partial charge is 0.124 e. The lowest BCUT2D eigenvalue weighted by atomic mass is 10.0. The standard InChI is InChI=1S/C17H20ClNO2/c1-3-16(12-5-4-6-13(18)9-12)19-11(2)15-8-7-14(20)10-17(15)21/h4-11,16,19-21H,3H2,1-2H3. The first kappa shape index (κ1) is 15.7. The summed E-state index contributed by atoms with van der Waals surface area (Å²) in [7, 11) is 0. The molecule has 3 N–H and O–H groups in total. The third-order valence-electron chi connectivity index (χ3n) is 3.59. The van der Waals surface area contributed by atoms with Crippen LogP contribution in [0.25, 0.3) is 0 Å². The average Bonchev–Trinajstić information content (AvgIpc) is 2.44. The van der Waals surface area contributed by atoms with Crippen LogP contribution in [-0.2, 0) is 0 Å². The Kier molecular flexibility index (Phi) is 5.10. The van der Waals surface area contributed by atoms with Crippen molar-refractivity contribution >= 4 is 11.6 Å². The van der Waals surface area contributed by atoms with Crippen molar-refractivity contribution in [3.05, 3.63) is 58.6 Å². The van der Waals surface area contributed by atoms with E-state index in [1.165, 1.54) is 6.07 Å². The fourth-order valence-electron chi connectivity index (χ4n) is 2.46. The van der Waals surface area contributed by atoms with Gasteiger partial charge in [-0.25, -0.2) is 0 Å². The molecule has 2 aromatic rings. The second-order valence-electron chi connectivity index (χ2n) is 5.15. The van der Waals surface area contributed by atoms with E-state index in [9.17, 15) is 10.2 Å². The molecule has 0 aliphatic heterocycles. The molecule has 21 heavy (non-hydrogen) atoms. The van der Waals surface area contributed by atoms with Crippen LogP contribution in [0, 0.1) is 0 Å². The summed E-state index contributed by atoms with van der Waals surface area (Å²) in [5, 5.41) is 23.5. The Bertz CT molecular complexity index is 615. The highest BCUT2D eigenvalue weighted by Crippen LogP contribution is 2.30. The van der Waals surface area contributed by atoms with Gasteiger partial charge in [0.15, 0.2) is 0 Å². The number of halogens is 1. The molecule has 2 unspecified atom stereocenters. The number of nitrogens with one attached hydrogen (secondary N) is 1. The summed E-state index contributed by atoms with van der Waals surface area (Å²) in [6.45, 7) is 4.08. The van der Waals surface area contributed by atoms with Crippen LogP contribution in [0.4, 0.5) is 0 Å². The maximum Gasteiger partial charge on any atom is 0.124 e. The molecule has 0 aliphatic rings. The van der Waals surface area contributed by atoms with E-state index in [-0.39, 0.29) is 23.6 Å². The van der Waals surface area contributed by atoms with Crippen molar-refractivity contribution in [1.29, 1.82) is 0 Å². The van der Waals surface area contributed by atoms with Gasteiger partial charge in [-0.05, 0) is 37.1 Å². The summed E-state index contributed by atoms with van der Waals surface area (Å²) in [6, 6.07) is 12.5. The maximum absolute atomic E-state index is 9.94. The van der Waals surface area contributed by atoms with Gasteiger partial charge in [-0.15, -0.1) is 0 Å². The molecule has 0 spiro atoms. The first-order valence-electron chi connectivity index (χ1n) is 7.04. The molecule has 0 fully saturated rings. The molecule has 0 amide bonds. The number of phenolic OH excluding ortho intramolecular Hbond substituents is 2. The van der Waals surface area contributed by atoms with Crippen LogP contribution in [0.1, 0.15) is 43.5 Å². The molecule has 112 valence electrons. The van der Waals surface area contributed by atoms with Gasteiger partial charge >= 0.3 is 0 Å². The molecular formula is C17H20ClNO2. The van der Waals surface area contributed by atoms with E-state index >= 15 is 0 Å². The maximum atomic E-state index is 9.94. The zero-order valence-electron chi connectivity index (χ0n) is 12.2. The van der Waals surface area contributed by atoms with Crippen molar-refractivity contribution in [1.82, 2.24) is 5.32 Å². The van der Waals surface area contributed by atoms with Crippen LogP contribution in [0.5, 0.6) is 11.5 Å². The molecule has 0 aromatic heterocycles. The Morgan fingerprint density at radius 2 is 1.90 bits per heavy atom. The fraction of sp³-hybridized carbons (Fsp3) is 0.294. The fourth-order valence-corrected chi connectivity index (χ4v) is 2.66. The Balaban J connectivity index is 2.18. The van der Waals surface area contributed by atoms with Gasteiger partial charge in [-0.2, -0.15) is 0 Å². The van der Waals surface area contributed by atoms with Gasteiger partial charge < -0.3 is 15.5 Å². The van der Waals surface area contributed by atoms with Crippen molar-refractivity contribution < 1.29 is 10.2 Å². The zero-order chi connectivity index (χ0) is 15.4. The molecule has 0 aliphatic carbocycles. The van der Waals surface area contributed by atoms with Crippen molar-refractivity contribution in [3.8, 4) is 11.5 Å². The zero-order valence-corrected chi connectivity index (χ0v) is 12.9. The van der Waals surface area contributed by atoms with Gasteiger partial charge in [0.05, 0.1) is 0 Å². The predicted octanol–water partition coefficient (Wildman–Crippen LogP) is 4.55. The van der Waals surface area contributed by atoms with Gasteiger partial charge in [0.1, 0.15) is 11.5 Å². The Hall–Kier alpha value is -1.71. The van der Waals surface area contributed by atoms with E-state index in [1.807, 2.05) is 31.2 Å². The van der Waals surface area contributed by atoms with Gasteiger partial charge in [-0.3, -0.25) is 0 Å². The first-order chi connectivity index (χ1) is 10.0. The van der Waals surface area contributed by atoms with Crippen LogP contribution in [0.2, 0.25) is 5.02 Å². The Morgan fingerprint density at radius 1 is 1.14 bits per heavy atom. The molecule has 0 bridgehead atoms. The quantitative estimate of drug-likeness (QED) is 0.759. The highest BCUT2D eigenvalue weighted by molar-refractivity contribution is 6.30. The molecule has 2 atom stereocenters. The lowest BCUT2D eigenvalue weighted by Gasteiger charge is -2.24. The molecule has 2 rings (SSSR count). The van der Waals surface area contributed by atoms with Crippen LogP contribution in [0.15, 0.2) is 42.5 Å². The number of rotatable bonds is 5. The molecule has 0 saturated carbocycles. The summed E-state index contributed by atoms with van der Waals surface area (Å²) in [5.41, 5.74) is 1.88. The topological polar surface area (TPSA) is 52.5 Å². The van der Waals surface area contributed by atoms with E-state index < -0.39 is 0 Å². The first-order valence-corrected chi connectivity index (χ1v) is 7.42. The third-order valence-corrected chi connectivity index (χ3v) is 3.83. The Morgan fingerprint density at radius 3 is 2.52 bits per heavy atom. The highest BCUT2D eigenvalue weighted by Gasteiger charge is 2.16. The number of aromatic hydroxyl groups is 2. The number of hydrogen-bond donors (Lipinski definition) is 3. The number of phenols is 2. The second-order valence-corrected chi connectivity index (χ2v) is 5.58. The molecule has 3 nitrogen and oxygen atoms in total. The molecule has 0 heterocycles. The summed E-state index contributed by atoms with van der Waals surface area (Å²) in [6.07, 6.45) is 0.906. The van der Waals surface area contributed by atoms with Gasteiger partial charge in [-0.1, -0.05) is 36.7 Å². The highest BCUT2D eigenvalue weighted by atomic mass is 35.5. The summed E-state index contributed by atoms with van der Waals surface area (Å²) < 4.78 is 0. The summed E-state index contributed by atoms with van der Waals surface area (Å²) >= 11 is 6.05. The normalized spacial score (nSPS) is 13.9. The Labute approximate surface area is 130 Å². The van der Waals surface area contributed by atoms with E-state index in [0.717, 1.165) is 17.5 Å². The molecule has 4 heteroatoms. The predicted molar refractivity (Wildman–Crippen MR) is 85.8 cm³/mol. The second kappa shape index (κ2) is 6.83. The average molecular weight is 306 g/mol. The summed E-state index contributed by atoms with van der Waals surface area (Å²) in [5.74, 6) is 0.154. The minimum absolute atomic E-state index is 0.0467. The molecule has 2 aromatic carbocycles. The number of benzene rings is 2. The van der Waals surface area contributed by atoms with Crippen molar-refractivity contribution in [2.75, 3.05) is 0 Å². The minimum Gasteiger partial charge on any atom is -0.508 e. The SMILES string of the molecule is CCC(NC(C)c1ccc(O)cc1O)c1cccc(Cl)c1. The third kappa shape index (κ3) is 3.90. The summed E-state index contributed by atoms with van der Waals surface area (Å²) in [4.78, 5) is 0. The lowest BCUT2D eigenvalue weighted by Crippen LogP contribution is -2.24. The van der Waals surface area contributed by atoms with E-state index in [4.69, 9.17) is 11.6 Å². The van der Waals surface area contributed by atoms with Gasteiger partial charge in [0, 0.05) is 28.7 Å². The molecule has 0 saturated heterocycles. The largest absolute Gasteiger partial charge is 0.508 e. The van der Waals surface area contributed by atoms with Crippen LogP contribution >= 0.6 is 11.6 Å². The van der Waals surface area contributed by atoms with Crippen molar-refractivity contribution in [2.45, 2.75) is 32.4 Å².